The number of ether oxygens (including phenoxy) is 1. The number of hydrogen-bond acceptors (Lipinski definition) is 3. The zero-order valence-electron chi connectivity index (χ0n) is 6.87. The van der Waals surface area contributed by atoms with Gasteiger partial charge in [0.1, 0.15) is 0 Å². The van der Waals surface area contributed by atoms with E-state index in [9.17, 15) is 9.59 Å². The van der Waals surface area contributed by atoms with Gasteiger partial charge in [-0.15, -0.1) is 0 Å². The molecule has 3 nitrogen and oxygen atoms in total. The van der Waals surface area contributed by atoms with Crippen molar-refractivity contribution in [2.24, 2.45) is 5.92 Å². The molecule has 0 heterocycles. The van der Waals surface area contributed by atoms with Gasteiger partial charge in [0.05, 0.1) is 13.5 Å². The summed E-state index contributed by atoms with van der Waals surface area (Å²) in [5, 5.41) is 0. The molecule has 0 saturated carbocycles. The highest BCUT2D eigenvalue weighted by Gasteiger charge is 2.23. The zero-order valence-corrected chi connectivity index (χ0v) is 6.87. The quantitative estimate of drug-likeness (QED) is 0.451. The number of esters is 1. The van der Waals surface area contributed by atoms with Gasteiger partial charge >= 0.3 is 5.97 Å². The van der Waals surface area contributed by atoms with Crippen molar-refractivity contribution in [3.8, 4) is 0 Å². The Hall–Kier alpha value is -1.38. The van der Waals surface area contributed by atoms with Crippen LogP contribution in [0, 0.1) is 5.92 Å². The molecular weight excluding hydrogens is 156 g/mol. The van der Waals surface area contributed by atoms with Crippen LogP contribution in [-0.2, 0) is 14.3 Å². The van der Waals surface area contributed by atoms with Crippen molar-refractivity contribution in [3.05, 3.63) is 24.3 Å². The largest absolute Gasteiger partial charge is 0.469 e. The Kier molecular flexibility index (Phi) is 2.43. The Morgan fingerprint density at radius 1 is 1.75 bits per heavy atom. The number of ketones is 1. The lowest BCUT2D eigenvalue weighted by Crippen LogP contribution is -2.09. The van der Waals surface area contributed by atoms with Crippen molar-refractivity contribution in [1.29, 1.82) is 0 Å². The zero-order chi connectivity index (χ0) is 9.14. The molecule has 1 atom stereocenters. The van der Waals surface area contributed by atoms with E-state index in [1.807, 2.05) is 0 Å². The number of methoxy groups -OCH3 is 1. The number of carbonyl (C=O) groups is 2. The first kappa shape index (κ1) is 8.71. The lowest BCUT2D eigenvalue weighted by atomic mass is 10.0. The van der Waals surface area contributed by atoms with Crippen LogP contribution in [0.2, 0.25) is 0 Å². The number of carbonyl (C=O) groups excluding carboxylic acids is 2. The highest BCUT2D eigenvalue weighted by Crippen LogP contribution is 2.22. The van der Waals surface area contributed by atoms with Gasteiger partial charge in [-0.2, -0.15) is 0 Å². The van der Waals surface area contributed by atoms with Crippen molar-refractivity contribution in [2.75, 3.05) is 7.11 Å². The summed E-state index contributed by atoms with van der Waals surface area (Å²) in [6.45, 7) is 3.58. The Morgan fingerprint density at radius 2 is 2.42 bits per heavy atom. The topological polar surface area (TPSA) is 43.4 Å². The predicted molar refractivity (Wildman–Crippen MR) is 43.4 cm³/mol. The van der Waals surface area contributed by atoms with Crippen LogP contribution in [-0.4, -0.2) is 18.9 Å². The molecule has 1 rings (SSSR count). The van der Waals surface area contributed by atoms with Crippen molar-refractivity contribution in [3.63, 3.8) is 0 Å². The number of rotatable bonds is 2. The summed E-state index contributed by atoms with van der Waals surface area (Å²) in [5.74, 6) is -0.575. The van der Waals surface area contributed by atoms with E-state index < -0.39 is 0 Å². The monoisotopic (exact) mass is 166 g/mol. The molecule has 0 aromatic rings. The molecule has 12 heavy (non-hydrogen) atoms. The second kappa shape index (κ2) is 3.34. The van der Waals surface area contributed by atoms with Gasteiger partial charge in [-0.25, -0.2) is 0 Å². The number of hydrogen-bond donors (Lipinski definition) is 0. The molecule has 0 amide bonds. The van der Waals surface area contributed by atoms with Crippen LogP contribution >= 0.6 is 0 Å². The third kappa shape index (κ3) is 1.61. The molecule has 0 fully saturated rings. The van der Waals surface area contributed by atoms with Crippen LogP contribution in [0.15, 0.2) is 24.3 Å². The lowest BCUT2D eigenvalue weighted by molar-refractivity contribution is -0.141. The van der Waals surface area contributed by atoms with Gasteiger partial charge in [-0.1, -0.05) is 12.7 Å². The Morgan fingerprint density at radius 3 is 2.83 bits per heavy atom. The second-order valence-corrected chi connectivity index (χ2v) is 2.64. The number of allylic oxidation sites excluding steroid dienone is 3. The molecule has 0 spiro atoms. The van der Waals surface area contributed by atoms with Crippen LogP contribution in [0.1, 0.15) is 6.42 Å². The van der Waals surface area contributed by atoms with E-state index in [4.69, 9.17) is 0 Å². The van der Waals surface area contributed by atoms with Gasteiger partial charge in [0.15, 0.2) is 5.78 Å². The molecule has 0 aromatic carbocycles. The molecule has 3 heteroatoms. The molecule has 1 aliphatic carbocycles. The molecule has 0 aliphatic heterocycles. The molecule has 0 bridgehead atoms. The molecule has 0 unspecified atom stereocenters. The molecule has 0 aromatic heterocycles. The minimum atomic E-state index is -0.319. The van der Waals surface area contributed by atoms with Crippen LogP contribution in [0.3, 0.4) is 0 Å². The summed E-state index contributed by atoms with van der Waals surface area (Å²) in [6.07, 6.45) is 3.33. The Balaban J connectivity index is 2.56. The van der Waals surface area contributed by atoms with Gasteiger partial charge in [-0.3, -0.25) is 9.59 Å². The standard InChI is InChI=1S/C9H10O3/c1-6-7(3-4-8(6)10)5-9(11)12-2/h3-4,7H,1,5H2,2H3/t7-/m0/s1. The second-order valence-electron chi connectivity index (χ2n) is 2.64. The van der Waals surface area contributed by atoms with E-state index in [1.54, 1.807) is 6.08 Å². The van der Waals surface area contributed by atoms with Crippen molar-refractivity contribution in [1.82, 2.24) is 0 Å². The SMILES string of the molecule is C=C1C(=O)C=C[C@H]1CC(=O)OC. The molecule has 0 saturated heterocycles. The maximum Gasteiger partial charge on any atom is 0.306 e. The first-order chi connectivity index (χ1) is 5.65. The van der Waals surface area contributed by atoms with E-state index >= 15 is 0 Å². The maximum atomic E-state index is 10.9. The normalized spacial score (nSPS) is 21.6. The fraction of sp³-hybridized carbons (Fsp3) is 0.333. The maximum absolute atomic E-state index is 10.9. The molecular formula is C9H10O3. The third-order valence-electron chi connectivity index (χ3n) is 1.86. The van der Waals surface area contributed by atoms with Crippen molar-refractivity contribution < 1.29 is 14.3 Å². The first-order valence-electron chi connectivity index (χ1n) is 3.63. The molecule has 1 aliphatic rings. The van der Waals surface area contributed by atoms with Gasteiger partial charge in [-0.05, 0) is 11.6 Å². The molecule has 64 valence electrons. The summed E-state index contributed by atoms with van der Waals surface area (Å²) in [5.41, 5.74) is 0.473. The minimum absolute atomic E-state index is 0.0936. The van der Waals surface area contributed by atoms with Gasteiger partial charge in [0, 0.05) is 5.92 Å². The van der Waals surface area contributed by atoms with Crippen molar-refractivity contribution >= 4 is 11.8 Å². The summed E-state index contributed by atoms with van der Waals surface area (Å²) in [7, 11) is 1.32. The van der Waals surface area contributed by atoms with Gasteiger partial charge in [0.2, 0.25) is 0 Å². The van der Waals surface area contributed by atoms with E-state index in [2.05, 4.69) is 11.3 Å². The van der Waals surface area contributed by atoms with Crippen molar-refractivity contribution in [2.45, 2.75) is 6.42 Å². The van der Waals surface area contributed by atoms with Gasteiger partial charge in [0.25, 0.3) is 0 Å². The van der Waals surface area contributed by atoms with E-state index in [0.717, 1.165) is 0 Å². The lowest BCUT2D eigenvalue weighted by Gasteiger charge is -2.05. The Labute approximate surface area is 70.7 Å². The fourth-order valence-corrected chi connectivity index (χ4v) is 1.06. The third-order valence-corrected chi connectivity index (χ3v) is 1.86. The summed E-state index contributed by atoms with van der Waals surface area (Å²) >= 11 is 0. The highest BCUT2D eigenvalue weighted by atomic mass is 16.5. The smallest absolute Gasteiger partial charge is 0.306 e. The molecule has 0 radical (unpaired) electrons. The Bertz CT molecular complexity index is 263. The first-order valence-corrected chi connectivity index (χ1v) is 3.63. The van der Waals surface area contributed by atoms with Crippen LogP contribution in [0.4, 0.5) is 0 Å². The van der Waals surface area contributed by atoms with E-state index in [-0.39, 0.29) is 24.1 Å². The van der Waals surface area contributed by atoms with E-state index in [0.29, 0.717) is 5.57 Å². The summed E-state index contributed by atoms with van der Waals surface area (Å²) < 4.78 is 4.47. The minimum Gasteiger partial charge on any atom is -0.469 e. The van der Waals surface area contributed by atoms with Crippen LogP contribution < -0.4 is 0 Å². The van der Waals surface area contributed by atoms with Gasteiger partial charge < -0.3 is 4.74 Å². The predicted octanol–water partition coefficient (Wildman–Crippen LogP) is 0.861. The average Bonchev–Trinajstić information content (AvgIpc) is 2.36. The average molecular weight is 166 g/mol. The summed E-state index contributed by atoms with van der Waals surface area (Å²) in [4.78, 5) is 21.7. The van der Waals surface area contributed by atoms with E-state index in [1.165, 1.54) is 13.2 Å². The van der Waals surface area contributed by atoms with Crippen LogP contribution in [0.5, 0.6) is 0 Å². The van der Waals surface area contributed by atoms with Crippen LogP contribution in [0.25, 0.3) is 0 Å². The fourth-order valence-electron chi connectivity index (χ4n) is 1.06. The highest BCUT2D eigenvalue weighted by molar-refractivity contribution is 6.07. The molecule has 0 N–H and O–H groups in total. The summed E-state index contributed by atoms with van der Waals surface area (Å²) in [6, 6.07) is 0.